The summed E-state index contributed by atoms with van der Waals surface area (Å²) in [5, 5.41) is 9.20. The standard InChI is InChI=1S/C7H14N2O2/c1-2-9-4-5(10)3-6(9)7(8)11/h5-6,10H,2-4H2,1H3,(H2,8,11)/t5-,6+/m0/s1. The molecule has 1 fully saturated rings. The zero-order valence-corrected chi connectivity index (χ0v) is 6.66. The third kappa shape index (κ3) is 1.70. The Morgan fingerprint density at radius 3 is 2.82 bits per heavy atom. The fraction of sp³-hybridized carbons (Fsp3) is 0.857. The lowest BCUT2D eigenvalue weighted by molar-refractivity contribution is -0.122. The molecule has 3 N–H and O–H groups in total. The van der Waals surface area contributed by atoms with Crippen LogP contribution in [-0.4, -0.2) is 41.1 Å². The van der Waals surface area contributed by atoms with Crippen molar-refractivity contribution in [2.45, 2.75) is 25.5 Å². The number of primary amides is 1. The summed E-state index contributed by atoms with van der Waals surface area (Å²) in [6.45, 7) is 3.29. The Labute approximate surface area is 66.0 Å². The van der Waals surface area contributed by atoms with Crippen molar-refractivity contribution in [1.82, 2.24) is 4.90 Å². The average molecular weight is 158 g/mol. The van der Waals surface area contributed by atoms with Gasteiger partial charge < -0.3 is 10.8 Å². The van der Waals surface area contributed by atoms with Crippen LogP contribution in [0.4, 0.5) is 0 Å². The minimum absolute atomic E-state index is 0.255. The molecule has 0 radical (unpaired) electrons. The van der Waals surface area contributed by atoms with Crippen LogP contribution >= 0.6 is 0 Å². The second kappa shape index (κ2) is 3.19. The maximum atomic E-state index is 10.8. The Morgan fingerprint density at radius 2 is 2.45 bits per heavy atom. The van der Waals surface area contributed by atoms with Crippen LogP contribution in [0.3, 0.4) is 0 Å². The summed E-state index contributed by atoms with van der Waals surface area (Å²) in [6.07, 6.45) is 0.107. The van der Waals surface area contributed by atoms with Crippen molar-refractivity contribution in [3.05, 3.63) is 0 Å². The molecule has 64 valence electrons. The normalized spacial score (nSPS) is 32.5. The number of carbonyl (C=O) groups is 1. The van der Waals surface area contributed by atoms with E-state index in [1.165, 1.54) is 0 Å². The minimum Gasteiger partial charge on any atom is -0.392 e. The number of amides is 1. The Bertz CT molecular complexity index is 161. The molecule has 0 aliphatic carbocycles. The van der Waals surface area contributed by atoms with E-state index in [2.05, 4.69) is 0 Å². The van der Waals surface area contributed by atoms with Crippen molar-refractivity contribution >= 4 is 5.91 Å². The number of nitrogens with two attached hydrogens (primary N) is 1. The molecular formula is C7H14N2O2. The van der Waals surface area contributed by atoms with Crippen LogP contribution in [0.5, 0.6) is 0 Å². The lowest BCUT2D eigenvalue weighted by Gasteiger charge is -2.18. The predicted molar refractivity (Wildman–Crippen MR) is 40.9 cm³/mol. The smallest absolute Gasteiger partial charge is 0.234 e. The quantitative estimate of drug-likeness (QED) is 0.537. The summed E-state index contributed by atoms with van der Waals surface area (Å²) in [7, 11) is 0. The fourth-order valence-corrected chi connectivity index (χ4v) is 1.52. The SMILES string of the molecule is CCN1C[C@@H](O)C[C@@H]1C(N)=O. The Hall–Kier alpha value is -0.610. The third-order valence-electron chi connectivity index (χ3n) is 2.12. The second-order valence-corrected chi connectivity index (χ2v) is 2.90. The van der Waals surface area contributed by atoms with E-state index >= 15 is 0 Å². The van der Waals surface area contributed by atoms with E-state index in [9.17, 15) is 9.90 Å². The summed E-state index contributed by atoms with van der Waals surface area (Å²) < 4.78 is 0. The lowest BCUT2D eigenvalue weighted by Crippen LogP contribution is -2.39. The van der Waals surface area contributed by atoms with Gasteiger partial charge in [0.25, 0.3) is 0 Å². The highest BCUT2D eigenvalue weighted by Crippen LogP contribution is 2.16. The Balaban J connectivity index is 2.57. The van der Waals surface area contributed by atoms with E-state index in [1.54, 1.807) is 0 Å². The van der Waals surface area contributed by atoms with Crippen molar-refractivity contribution < 1.29 is 9.90 Å². The zero-order valence-electron chi connectivity index (χ0n) is 6.66. The molecule has 1 saturated heterocycles. The number of carbonyl (C=O) groups excluding carboxylic acids is 1. The number of nitrogens with zero attached hydrogens (tertiary/aromatic N) is 1. The van der Waals surface area contributed by atoms with Crippen molar-refractivity contribution in [3.8, 4) is 0 Å². The third-order valence-corrected chi connectivity index (χ3v) is 2.12. The number of hydrogen-bond donors (Lipinski definition) is 2. The second-order valence-electron chi connectivity index (χ2n) is 2.90. The summed E-state index contributed by atoms with van der Waals surface area (Å²) in [4.78, 5) is 12.7. The van der Waals surface area contributed by atoms with Gasteiger partial charge in [-0.25, -0.2) is 0 Å². The predicted octanol–water partition coefficient (Wildman–Crippen LogP) is -1.07. The van der Waals surface area contributed by atoms with Crippen LogP contribution in [0, 0.1) is 0 Å². The molecule has 1 aliphatic rings. The molecule has 0 unspecified atom stereocenters. The summed E-state index contributed by atoms with van der Waals surface area (Å²) >= 11 is 0. The van der Waals surface area contributed by atoms with E-state index in [0.29, 0.717) is 13.0 Å². The maximum absolute atomic E-state index is 10.8. The van der Waals surface area contributed by atoms with Gasteiger partial charge in [0, 0.05) is 6.54 Å². The van der Waals surface area contributed by atoms with Crippen LogP contribution in [-0.2, 0) is 4.79 Å². The molecule has 4 heteroatoms. The van der Waals surface area contributed by atoms with Gasteiger partial charge in [-0.3, -0.25) is 9.69 Å². The van der Waals surface area contributed by atoms with Crippen molar-refractivity contribution in [2.75, 3.05) is 13.1 Å². The van der Waals surface area contributed by atoms with Crippen molar-refractivity contribution in [1.29, 1.82) is 0 Å². The van der Waals surface area contributed by atoms with Crippen LogP contribution in [0.15, 0.2) is 0 Å². The first kappa shape index (κ1) is 8.49. The average Bonchev–Trinajstić information content (AvgIpc) is 2.30. The molecule has 0 aromatic rings. The zero-order chi connectivity index (χ0) is 8.43. The number of aliphatic hydroxyl groups is 1. The Morgan fingerprint density at radius 1 is 1.82 bits per heavy atom. The molecule has 4 nitrogen and oxygen atoms in total. The number of likely N-dealkylation sites (N-methyl/N-ethyl adjacent to an activating group) is 1. The molecular weight excluding hydrogens is 144 g/mol. The number of rotatable bonds is 2. The molecule has 0 saturated carbocycles. The van der Waals surface area contributed by atoms with Gasteiger partial charge in [-0.1, -0.05) is 6.92 Å². The van der Waals surface area contributed by atoms with Crippen LogP contribution in [0.2, 0.25) is 0 Å². The van der Waals surface area contributed by atoms with Crippen molar-refractivity contribution in [2.24, 2.45) is 5.73 Å². The minimum atomic E-state index is -0.382. The van der Waals surface area contributed by atoms with Gasteiger partial charge in [-0.05, 0) is 13.0 Å². The highest BCUT2D eigenvalue weighted by Gasteiger charge is 2.33. The molecule has 11 heavy (non-hydrogen) atoms. The molecule has 2 atom stereocenters. The molecule has 1 aliphatic heterocycles. The van der Waals surface area contributed by atoms with Gasteiger partial charge in [-0.15, -0.1) is 0 Å². The largest absolute Gasteiger partial charge is 0.392 e. The number of hydrogen-bond acceptors (Lipinski definition) is 3. The summed E-state index contributed by atoms with van der Waals surface area (Å²) in [5.41, 5.74) is 5.13. The van der Waals surface area contributed by atoms with E-state index in [4.69, 9.17) is 5.73 Å². The van der Waals surface area contributed by atoms with Crippen LogP contribution in [0.1, 0.15) is 13.3 Å². The van der Waals surface area contributed by atoms with E-state index in [1.807, 2.05) is 11.8 Å². The van der Waals surface area contributed by atoms with Gasteiger partial charge in [0.1, 0.15) is 0 Å². The number of aliphatic hydroxyl groups excluding tert-OH is 1. The number of β-amino-alcohol motifs (C(OH)–C–C–N with tert-alkyl or cyclic N) is 1. The topological polar surface area (TPSA) is 66.6 Å². The first-order valence-electron chi connectivity index (χ1n) is 3.86. The number of likely N-dealkylation sites (tertiary alicyclic amines) is 1. The fourth-order valence-electron chi connectivity index (χ4n) is 1.52. The van der Waals surface area contributed by atoms with Crippen molar-refractivity contribution in [3.63, 3.8) is 0 Å². The molecule has 1 rings (SSSR count). The van der Waals surface area contributed by atoms with Crippen LogP contribution < -0.4 is 5.73 Å². The lowest BCUT2D eigenvalue weighted by atomic mass is 10.2. The molecule has 0 aromatic carbocycles. The van der Waals surface area contributed by atoms with Gasteiger partial charge >= 0.3 is 0 Å². The molecule has 0 aromatic heterocycles. The highest BCUT2D eigenvalue weighted by molar-refractivity contribution is 5.80. The van der Waals surface area contributed by atoms with E-state index < -0.39 is 0 Å². The van der Waals surface area contributed by atoms with Gasteiger partial charge in [-0.2, -0.15) is 0 Å². The van der Waals surface area contributed by atoms with E-state index in [0.717, 1.165) is 6.54 Å². The molecule has 0 bridgehead atoms. The molecule has 0 spiro atoms. The molecule has 1 amide bonds. The highest BCUT2D eigenvalue weighted by atomic mass is 16.3. The van der Waals surface area contributed by atoms with Gasteiger partial charge in [0.15, 0.2) is 0 Å². The van der Waals surface area contributed by atoms with E-state index in [-0.39, 0.29) is 18.1 Å². The summed E-state index contributed by atoms with van der Waals surface area (Å²) in [5.74, 6) is -0.330. The first-order valence-corrected chi connectivity index (χ1v) is 3.86. The van der Waals surface area contributed by atoms with Gasteiger partial charge in [0.2, 0.25) is 5.91 Å². The maximum Gasteiger partial charge on any atom is 0.234 e. The Kier molecular flexibility index (Phi) is 2.46. The monoisotopic (exact) mass is 158 g/mol. The van der Waals surface area contributed by atoms with Crippen LogP contribution in [0.25, 0.3) is 0 Å². The summed E-state index contributed by atoms with van der Waals surface area (Å²) in [6, 6.07) is -0.255. The molecule has 1 heterocycles. The first-order chi connectivity index (χ1) is 5.15. The van der Waals surface area contributed by atoms with Gasteiger partial charge in [0.05, 0.1) is 12.1 Å².